The molecule has 1 aliphatic heterocycles. The average Bonchev–Trinajstić information content (AvgIpc) is 2.72. The molecule has 6 heteroatoms. The Morgan fingerprint density at radius 2 is 1.83 bits per heavy atom. The van der Waals surface area contributed by atoms with Crippen molar-refractivity contribution in [2.45, 2.75) is 46.7 Å². The Balaban J connectivity index is 1.93. The van der Waals surface area contributed by atoms with E-state index in [0.717, 1.165) is 25.2 Å². The van der Waals surface area contributed by atoms with E-state index in [9.17, 15) is 9.59 Å². The van der Waals surface area contributed by atoms with Crippen molar-refractivity contribution in [3.63, 3.8) is 0 Å². The number of hydrogen-bond donors (Lipinski definition) is 2. The van der Waals surface area contributed by atoms with Gasteiger partial charge in [-0.05, 0) is 63.4 Å². The highest BCUT2D eigenvalue weighted by Crippen LogP contribution is 2.30. The highest BCUT2D eigenvalue weighted by molar-refractivity contribution is 6.20. The number of nitrogens with one attached hydrogen (secondary N) is 2. The number of hydrogen-bond acceptors (Lipinski definition) is 3. The van der Waals surface area contributed by atoms with Gasteiger partial charge in [-0.15, -0.1) is 11.6 Å². The molecule has 0 aliphatic carbocycles. The van der Waals surface area contributed by atoms with Gasteiger partial charge in [0.15, 0.2) is 0 Å². The third kappa shape index (κ3) is 4.96. The number of benzene rings is 2. The normalized spacial score (nSPS) is 13.7. The molecule has 5 nitrogen and oxygen atoms in total. The molecule has 0 bridgehead atoms. The Kier molecular flexibility index (Phi) is 6.71. The number of amides is 2. The molecule has 0 radical (unpaired) electrons. The molecule has 2 aromatic carbocycles. The molecule has 2 N–H and O–H groups in total. The van der Waals surface area contributed by atoms with Crippen molar-refractivity contribution in [1.29, 1.82) is 0 Å². The van der Waals surface area contributed by atoms with E-state index in [1.54, 1.807) is 19.9 Å². The van der Waals surface area contributed by atoms with Gasteiger partial charge in [0.2, 0.25) is 5.91 Å². The Labute approximate surface area is 183 Å². The zero-order chi connectivity index (χ0) is 21.9. The fourth-order valence-corrected chi connectivity index (χ4v) is 3.60. The van der Waals surface area contributed by atoms with Crippen molar-refractivity contribution >= 4 is 34.8 Å². The van der Waals surface area contributed by atoms with Gasteiger partial charge in [0.25, 0.3) is 5.91 Å². The van der Waals surface area contributed by atoms with Crippen molar-refractivity contribution in [1.82, 2.24) is 5.32 Å². The second kappa shape index (κ2) is 9.09. The molecule has 3 rings (SSSR count). The van der Waals surface area contributed by atoms with Gasteiger partial charge in [-0.2, -0.15) is 0 Å². The van der Waals surface area contributed by atoms with Crippen molar-refractivity contribution in [3.05, 3.63) is 59.2 Å². The summed E-state index contributed by atoms with van der Waals surface area (Å²) in [6, 6.07) is 14.0. The number of halogens is 1. The van der Waals surface area contributed by atoms with E-state index in [2.05, 4.69) is 33.7 Å². The Bertz CT molecular complexity index is 940. The van der Waals surface area contributed by atoms with Crippen LogP contribution in [0.4, 0.5) is 11.4 Å². The monoisotopic (exact) mass is 427 g/mol. The smallest absolute Gasteiger partial charge is 0.253 e. The Morgan fingerprint density at radius 1 is 1.13 bits per heavy atom. The molecule has 0 fully saturated rings. The molecular weight excluding hydrogens is 398 g/mol. The van der Waals surface area contributed by atoms with Gasteiger partial charge in [-0.25, -0.2) is 0 Å². The minimum absolute atomic E-state index is 0.0147. The maximum absolute atomic E-state index is 13.0. The molecule has 30 heavy (non-hydrogen) atoms. The van der Waals surface area contributed by atoms with Gasteiger partial charge in [0.1, 0.15) is 0 Å². The van der Waals surface area contributed by atoms with E-state index in [-0.39, 0.29) is 23.7 Å². The molecule has 0 saturated carbocycles. The minimum atomic E-state index is -0.697. The lowest BCUT2D eigenvalue weighted by atomic mass is 9.95. The van der Waals surface area contributed by atoms with Gasteiger partial charge in [-0.3, -0.25) is 9.59 Å². The zero-order valence-electron chi connectivity index (χ0n) is 18.1. The van der Waals surface area contributed by atoms with E-state index in [0.29, 0.717) is 11.3 Å². The predicted molar refractivity (Wildman–Crippen MR) is 123 cm³/mol. The van der Waals surface area contributed by atoms with Crippen LogP contribution < -0.4 is 15.5 Å². The van der Waals surface area contributed by atoms with E-state index < -0.39 is 5.41 Å². The Morgan fingerprint density at radius 3 is 2.50 bits per heavy atom. The van der Waals surface area contributed by atoms with Crippen molar-refractivity contribution < 1.29 is 9.59 Å². The largest absolute Gasteiger partial charge is 0.366 e. The second-order valence-electron chi connectivity index (χ2n) is 8.77. The molecule has 0 saturated heterocycles. The van der Waals surface area contributed by atoms with E-state index in [1.165, 1.54) is 11.1 Å². The maximum Gasteiger partial charge on any atom is 0.253 e. The topological polar surface area (TPSA) is 61.4 Å². The van der Waals surface area contributed by atoms with Crippen molar-refractivity contribution in [2.24, 2.45) is 5.41 Å². The molecule has 1 heterocycles. The van der Waals surface area contributed by atoms with Crippen LogP contribution in [0.15, 0.2) is 42.5 Å². The molecule has 1 aliphatic rings. The van der Waals surface area contributed by atoms with Crippen LogP contribution in [0.2, 0.25) is 0 Å². The minimum Gasteiger partial charge on any atom is -0.366 e. The second-order valence-corrected chi connectivity index (χ2v) is 9.04. The molecule has 0 atom stereocenters. The summed E-state index contributed by atoms with van der Waals surface area (Å²) >= 11 is 5.93. The van der Waals surface area contributed by atoms with Crippen LogP contribution in [0, 0.1) is 5.41 Å². The van der Waals surface area contributed by atoms with Crippen LogP contribution in [0.3, 0.4) is 0 Å². The van der Waals surface area contributed by atoms with E-state index in [4.69, 9.17) is 11.6 Å². The summed E-state index contributed by atoms with van der Waals surface area (Å²) in [6.07, 6.45) is 0.934. The van der Waals surface area contributed by atoms with Crippen LogP contribution in [0.1, 0.15) is 49.2 Å². The maximum atomic E-state index is 13.0. The van der Waals surface area contributed by atoms with Crippen LogP contribution >= 0.6 is 11.6 Å². The first-order valence-electron chi connectivity index (χ1n) is 10.4. The molecule has 2 aromatic rings. The third-order valence-electron chi connectivity index (χ3n) is 5.34. The summed E-state index contributed by atoms with van der Waals surface area (Å²) in [5.41, 5.74) is 3.96. The standard InChI is InChI=1S/C24H30ClN3O2/c1-16(2)26-22(29)20-13-19(27-23(30)24(3,4)15-25)9-10-21(20)28-12-11-17-7-5-6-8-18(17)14-28/h5-10,13,16H,11-12,14-15H2,1-4H3,(H,26,29)(H,27,30). The summed E-state index contributed by atoms with van der Waals surface area (Å²) in [5.74, 6) is -0.107. The van der Waals surface area contributed by atoms with E-state index in [1.807, 2.05) is 32.0 Å². The zero-order valence-corrected chi connectivity index (χ0v) is 18.8. The van der Waals surface area contributed by atoms with Crippen LogP contribution in [-0.2, 0) is 17.8 Å². The number of anilines is 2. The van der Waals surface area contributed by atoms with Crippen LogP contribution in [0.25, 0.3) is 0 Å². The molecular formula is C24H30ClN3O2. The molecule has 2 amide bonds. The first-order valence-corrected chi connectivity index (χ1v) is 10.9. The van der Waals surface area contributed by atoms with Gasteiger partial charge in [0, 0.05) is 36.4 Å². The van der Waals surface area contributed by atoms with Gasteiger partial charge < -0.3 is 15.5 Å². The lowest BCUT2D eigenvalue weighted by Gasteiger charge is -2.32. The number of carbonyl (C=O) groups excluding carboxylic acids is 2. The number of alkyl halides is 1. The quantitative estimate of drug-likeness (QED) is 0.663. The molecule has 0 spiro atoms. The lowest BCUT2D eigenvalue weighted by Crippen LogP contribution is -2.35. The highest BCUT2D eigenvalue weighted by Gasteiger charge is 2.27. The van der Waals surface area contributed by atoms with Gasteiger partial charge in [0.05, 0.1) is 11.0 Å². The molecule has 160 valence electrons. The summed E-state index contributed by atoms with van der Waals surface area (Å²) in [5, 5.41) is 5.89. The number of rotatable bonds is 6. The number of fused-ring (bicyclic) bond motifs is 1. The summed E-state index contributed by atoms with van der Waals surface area (Å²) in [6.45, 7) is 9.04. The first-order chi connectivity index (χ1) is 14.2. The lowest BCUT2D eigenvalue weighted by molar-refractivity contribution is -0.122. The predicted octanol–water partition coefficient (Wildman–Crippen LogP) is 4.59. The SMILES string of the molecule is CC(C)NC(=O)c1cc(NC(=O)C(C)(C)CCl)ccc1N1CCc2ccccc2C1. The number of nitrogens with zero attached hydrogens (tertiary/aromatic N) is 1. The Hall–Kier alpha value is -2.53. The van der Waals surface area contributed by atoms with Crippen LogP contribution in [0.5, 0.6) is 0 Å². The molecule has 0 unspecified atom stereocenters. The van der Waals surface area contributed by atoms with Crippen molar-refractivity contribution in [3.8, 4) is 0 Å². The number of carbonyl (C=O) groups is 2. The van der Waals surface area contributed by atoms with Gasteiger partial charge in [-0.1, -0.05) is 24.3 Å². The van der Waals surface area contributed by atoms with Gasteiger partial charge >= 0.3 is 0 Å². The van der Waals surface area contributed by atoms with Crippen LogP contribution in [-0.4, -0.2) is 30.3 Å². The average molecular weight is 428 g/mol. The summed E-state index contributed by atoms with van der Waals surface area (Å²) < 4.78 is 0. The fourth-order valence-electron chi connectivity index (χ4n) is 3.47. The highest BCUT2D eigenvalue weighted by atomic mass is 35.5. The van der Waals surface area contributed by atoms with E-state index >= 15 is 0 Å². The summed E-state index contributed by atoms with van der Waals surface area (Å²) in [4.78, 5) is 27.8. The third-order valence-corrected chi connectivity index (χ3v) is 6.01. The molecule has 0 aromatic heterocycles. The summed E-state index contributed by atoms with van der Waals surface area (Å²) in [7, 11) is 0. The fraction of sp³-hybridized carbons (Fsp3) is 0.417. The first kappa shape index (κ1) is 22.2. The van der Waals surface area contributed by atoms with Crippen molar-refractivity contribution in [2.75, 3.05) is 22.6 Å².